The first-order valence-electron chi connectivity index (χ1n) is 7.42. The number of methoxy groups -OCH3 is 1. The summed E-state index contributed by atoms with van der Waals surface area (Å²) in [5.41, 5.74) is 6.93. The van der Waals surface area contributed by atoms with Crippen molar-refractivity contribution >= 4 is 5.91 Å². The third-order valence-electron chi connectivity index (χ3n) is 3.82. The van der Waals surface area contributed by atoms with Crippen LogP contribution in [0, 0.1) is 0 Å². The standard InChI is InChI=1S/C16H24N2O3/c1-20-11-12-21-14-7-9-18(10-8-14)16(19)15(17)13-5-3-2-4-6-13/h2-6,14-15H,7-12,17H2,1H3. The molecule has 1 aliphatic heterocycles. The second-order valence-electron chi connectivity index (χ2n) is 5.28. The van der Waals surface area contributed by atoms with E-state index in [9.17, 15) is 4.79 Å². The number of hydrogen-bond donors (Lipinski definition) is 1. The summed E-state index contributed by atoms with van der Waals surface area (Å²) in [6, 6.07) is 8.93. The summed E-state index contributed by atoms with van der Waals surface area (Å²) >= 11 is 0. The molecule has 0 radical (unpaired) electrons. The molecule has 1 atom stereocenters. The summed E-state index contributed by atoms with van der Waals surface area (Å²) in [5.74, 6) is -0.00320. The maximum absolute atomic E-state index is 12.4. The number of carbonyl (C=O) groups excluding carboxylic acids is 1. The summed E-state index contributed by atoms with van der Waals surface area (Å²) < 4.78 is 10.7. The average Bonchev–Trinajstić information content (AvgIpc) is 2.55. The van der Waals surface area contributed by atoms with Crippen LogP contribution in [0.3, 0.4) is 0 Å². The molecule has 1 aromatic rings. The van der Waals surface area contributed by atoms with E-state index in [0.29, 0.717) is 26.3 Å². The van der Waals surface area contributed by atoms with E-state index >= 15 is 0 Å². The van der Waals surface area contributed by atoms with E-state index < -0.39 is 6.04 Å². The lowest BCUT2D eigenvalue weighted by atomic mass is 10.0. The largest absolute Gasteiger partial charge is 0.382 e. The van der Waals surface area contributed by atoms with Crippen LogP contribution in [-0.2, 0) is 14.3 Å². The highest BCUT2D eigenvalue weighted by atomic mass is 16.5. The number of benzene rings is 1. The minimum absolute atomic E-state index is 0.00320. The minimum atomic E-state index is -0.572. The van der Waals surface area contributed by atoms with Crippen LogP contribution in [0.25, 0.3) is 0 Å². The zero-order chi connectivity index (χ0) is 15.1. The number of hydrogen-bond acceptors (Lipinski definition) is 4. The summed E-state index contributed by atoms with van der Waals surface area (Å²) in [6.45, 7) is 2.63. The zero-order valence-electron chi connectivity index (χ0n) is 12.5. The second-order valence-corrected chi connectivity index (χ2v) is 5.28. The van der Waals surface area contributed by atoms with Crippen molar-refractivity contribution in [1.29, 1.82) is 0 Å². The quantitative estimate of drug-likeness (QED) is 0.804. The van der Waals surface area contributed by atoms with E-state index in [-0.39, 0.29) is 12.0 Å². The highest BCUT2D eigenvalue weighted by Crippen LogP contribution is 2.18. The molecule has 1 unspecified atom stereocenters. The van der Waals surface area contributed by atoms with Crippen molar-refractivity contribution in [3.05, 3.63) is 35.9 Å². The minimum Gasteiger partial charge on any atom is -0.382 e. The van der Waals surface area contributed by atoms with E-state index in [1.165, 1.54) is 0 Å². The van der Waals surface area contributed by atoms with Gasteiger partial charge in [0.1, 0.15) is 6.04 Å². The Bertz CT molecular complexity index is 430. The zero-order valence-corrected chi connectivity index (χ0v) is 12.5. The van der Waals surface area contributed by atoms with Crippen LogP contribution in [-0.4, -0.2) is 50.3 Å². The van der Waals surface area contributed by atoms with Gasteiger partial charge in [-0.2, -0.15) is 0 Å². The maximum atomic E-state index is 12.4. The molecule has 1 heterocycles. The molecule has 1 saturated heterocycles. The van der Waals surface area contributed by atoms with Crippen LogP contribution < -0.4 is 5.73 Å². The molecular formula is C16H24N2O3. The lowest BCUT2D eigenvalue weighted by Gasteiger charge is -2.33. The summed E-state index contributed by atoms with van der Waals surface area (Å²) in [5, 5.41) is 0. The summed E-state index contributed by atoms with van der Waals surface area (Å²) in [7, 11) is 1.66. The molecule has 0 saturated carbocycles. The molecule has 1 aliphatic rings. The fraction of sp³-hybridized carbons (Fsp3) is 0.562. The number of nitrogens with two attached hydrogens (primary N) is 1. The first kappa shape index (κ1) is 15.9. The predicted molar refractivity (Wildman–Crippen MR) is 80.8 cm³/mol. The summed E-state index contributed by atoms with van der Waals surface area (Å²) in [6.07, 6.45) is 1.94. The Morgan fingerprint density at radius 3 is 2.57 bits per heavy atom. The van der Waals surface area contributed by atoms with Crippen LogP contribution in [0.4, 0.5) is 0 Å². The molecule has 2 rings (SSSR count). The Balaban J connectivity index is 1.80. The van der Waals surface area contributed by atoms with Gasteiger partial charge in [0.15, 0.2) is 0 Å². The molecule has 1 aromatic carbocycles. The lowest BCUT2D eigenvalue weighted by molar-refractivity contribution is -0.135. The smallest absolute Gasteiger partial charge is 0.244 e. The molecule has 5 nitrogen and oxygen atoms in total. The van der Waals surface area contributed by atoms with E-state index in [0.717, 1.165) is 18.4 Å². The van der Waals surface area contributed by atoms with Gasteiger partial charge in [-0.1, -0.05) is 30.3 Å². The fourth-order valence-corrected chi connectivity index (χ4v) is 2.54. The van der Waals surface area contributed by atoms with Crippen molar-refractivity contribution in [3.8, 4) is 0 Å². The third-order valence-corrected chi connectivity index (χ3v) is 3.82. The number of carbonyl (C=O) groups is 1. The molecule has 0 aromatic heterocycles. The van der Waals surface area contributed by atoms with Gasteiger partial charge in [-0.25, -0.2) is 0 Å². The molecule has 5 heteroatoms. The van der Waals surface area contributed by atoms with Gasteiger partial charge >= 0.3 is 0 Å². The van der Waals surface area contributed by atoms with Gasteiger partial charge in [0.25, 0.3) is 0 Å². The molecular weight excluding hydrogens is 268 g/mol. The van der Waals surface area contributed by atoms with Crippen molar-refractivity contribution in [2.45, 2.75) is 25.0 Å². The van der Waals surface area contributed by atoms with Crippen molar-refractivity contribution in [2.24, 2.45) is 5.73 Å². The molecule has 116 valence electrons. The van der Waals surface area contributed by atoms with Crippen LogP contribution >= 0.6 is 0 Å². The van der Waals surface area contributed by atoms with E-state index in [4.69, 9.17) is 15.2 Å². The number of nitrogens with zero attached hydrogens (tertiary/aromatic N) is 1. The Morgan fingerprint density at radius 2 is 1.95 bits per heavy atom. The van der Waals surface area contributed by atoms with Gasteiger partial charge < -0.3 is 20.1 Å². The number of likely N-dealkylation sites (tertiary alicyclic amines) is 1. The van der Waals surface area contributed by atoms with Crippen LogP contribution in [0.15, 0.2) is 30.3 Å². The lowest BCUT2D eigenvalue weighted by Crippen LogP contribution is -2.45. The molecule has 0 aliphatic carbocycles. The van der Waals surface area contributed by atoms with E-state index in [1.807, 2.05) is 35.2 Å². The Hall–Kier alpha value is -1.43. The van der Waals surface area contributed by atoms with Gasteiger partial charge in [0, 0.05) is 20.2 Å². The number of ether oxygens (including phenoxy) is 2. The van der Waals surface area contributed by atoms with Gasteiger partial charge in [-0.3, -0.25) is 4.79 Å². The van der Waals surface area contributed by atoms with Gasteiger partial charge in [-0.15, -0.1) is 0 Å². The molecule has 0 bridgehead atoms. The number of piperidine rings is 1. The van der Waals surface area contributed by atoms with Crippen molar-refractivity contribution in [2.75, 3.05) is 33.4 Å². The predicted octanol–water partition coefficient (Wildman–Crippen LogP) is 1.34. The Labute approximate surface area is 126 Å². The van der Waals surface area contributed by atoms with Crippen LogP contribution in [0.1, 0.15) is 24.4 Å². The molecule has 2 N–H and O–H groups in total. The van der Waals surface area contributed by atoms with E-state index in [2.05, 4.69) is 0 Å². The molecule has 1 amide bonds. The summed E-state index contributed by atoms with van der Waals surface area (Å²) in [4.78, 5) is 14.2. The fourth-order valence-electron chi connectivity index (χ4n) is 2.54. The van der Waals surface area contributed by atoms with Crippen LogP contribution in [0.5, 0.6) is 0 Å². The normalized spacial score (nSPS) is 17.7. The molecule has 0 spiro atoms. The maximum Gasteiger partial charge on any atom is 0.244 e. The second kappa shape index (κ2) is 8.12. The van der Waals surface area contributed by atoms with Crippen molar-refractivity contribution in [1.82, 2.24) is 4.90 Å². The van der Waals surface area contributed by atoms with Gasteiger partial charge in [0.2, 0.25) is 5.91 Å². The SMILES string of the molecule is COCCOC1CCN(C(=O)C(N)c2ccccc2)CC1. The Morgan fingerprint density at radius 1 is 1.29 bits per heavy atom. The van der Waals surface area contributed by atoms with Crippen molar-refractivity contribution in [3.63, 3.8) is 0 Å². The highest BCUT2D eigenvalue weighted by molar-refractivity contribution is 5.83. The molecule has 21 heavy (non-hydrogen) atoms. The van der Waals surface area contributed by atoms with Gasteiger partial charge in [-0.05, 0) is 18.4 Å². The number of amides is 1. The number of rotatable bonds is 6. The Kier molecular flexibility index (Phi) is 6.17. The van der Waals surface area contributed by atoms with Gasteiger partial charge in [0.05, 0.1) is 19.3 Å². The van der Waals surface area contributed by atoms with Crippen LogP contribution in [0.2, 0.25) is 0 Å². The third kappa shape index (κ3) is 4.52. The topological polar surface area (TPSA) is 64.8 Å². The van der Waals surface area contributed by atoms with E-state index in [1.54, 1.807) is 7.11 Å². The van der Waals surface area contributed by atoms with Crippen molar-refractivity contribution < 1.29 is 14.3 Å². The average molecular weight is 292 g/mol. The first-order valence-corrected chi connectivity index (χ1v) is 7.42. The highest BCUT2D eigenvalue weighted by Gasteiger charge is 2.27. The monoisotopic (exact) mass is 292 g/mol. The first-order chi connectivity index (χ1) is 10.2. The molecule has 1 fully saturated rings.